The molecule has 0 spiro atoms. The van der Waals surface area contributed by atoms with Gasteiger partial charge in [0.15, 0.2) is 0 Å². The maximum Gasteiger partial charge on any atom is 0.329 e. The summed E-state index contributed by atoms with van der Waals surface area (Å²) in [4.78, 5) is 34.6. The summed E-state index contributed by atoms with van der Waals surface area (Å²) >= 11 is 0. The van der Waals surface area contributed by atoms with Gasteiger partial charge in [-0.2, -0.15) is 0 Å². The van der Waals surface area contributed by atoms with E-state index >= 15 is 0 Å². The number of carboxylic acids is 1. The Balaban J connectivity index is 4.45. The average molecular weight is 343 g/mol. The number of rotatable bonds is 12. The first kappa shape index (κ1) is 22.4. The number of unbranched alkanes of at least 4 members (excludes halogenated alkanes) is 5. The van der Waals surface area contributed by atoms with E-state index in [1.54, 1.807) is 20.8 Å². The van der Waals surface area contributed by atoms with E-state index < -0.39 is 29.5 Å². The summed E-state index contributed by atoms with van der Waals surface area (Å²) in [5.74, 6) is -1.92. The van der Waals surface area contributed by atoms with E-state index in [4.69, 9.17) is 9.84 Å². The molecule has 0 radical (unpaired) electrons. The van der Waals surface area contributed by atoms with Gasteiger partial charge in [0.25, 0.3) is 0 Å². The number of esters is 1. The van der Waals surface area contributed by atoms with Gasteiger partial charge in [0, 0.05) is 6.42 Å². The molecule has 0 heterocycles. The highest BCUT2D eigenvalue weighted by atomic mass is 16.6. The Morgan fingerprint density at radius 2 is 1.58 bits per heavy atom. The molecule has 0 aliphatic rings. The molecule has 1 atom stereocenters. The Hall–Kier alpha value is -1.59. The van der Waals surface area contributed by atoms with Gasteiger partial charge < -0.3 is 15.2 Å². The summed E-state index contributed by atoms with van der Waals surface area (Å²) in [5, 5.41) is 11.3. The van der Waals surface area contributed by atoms with Crippen molar-refractivity contribution < 1.29 is 24.2 Å². The Labute approximate surface area is 145 Å². The Kier molecular flexibility index (Phi) is 11.1. The van der Waals surface area contributed by atoms with Crippen LogP contribution in [0.1, 0.15) is 85.5 Å². The van der Waals surface area contributed by atoms with E-state index in [1.165, 1.54) is 19.3 Å². The highest BCUT2D eigenvalue weighted by Gasteiger charge is 2.26. The van der Waals surface area contributed by atoms with Gasteiger partial charge >= 0.3 is 11.9 Å². The second kappa shape index (κ2) is 11.9. The summed E-state index contributed by atoms with van der Waals surface area (Å²) in [6.45, 7) is 7.49. The Bertz CT molecular complexity index is 401. The third-order valence-electron chi connectivity index (χ3n) is 3.44. The van der Waals surface area contributed by atoms with Gasteiger partial charge in [-0.25, -0.2) is 4.79 Å². The van der Waals surface area contributed by atoms with Crippen molar-refractivity contribution in [2.45, 2.75) is 97.1 Å². The lowest BCUT2D eigenvalue weighted by Crippen LogP contribution is -2.44. The number of amides is 1. The third-order valence-corrected chi connectivity index (χ3v) is 3.44. The molecule has 0 aliphatic carbocycles. The smallest absolute Gasteiger partial charge is 0.329 e. The lowest BCUT2D eigenvalue weighted by Gasteiger charge is -2.24. The Morgan fingerprint density at radius 3 is 2.12 bits per heavy atom. The summed E-state index contributed by atoms with van der Waals surface area (Å²) in [6.07, 6.45) is 6.65. The Morgan fingerprint density at radius 1 is 1.00 bits per heavy atom. The second-order valence-electron chi connectivity index (χ2n) is 7.10. The van der Waals surface area contributed by atoms with Crippen LogP contribution < -0.4 is 5.32 Å². The van der Waals surface area contributed by atoms with Gasteiger partial charge in [-0.05, 0) is 27.2 Å². The van der Waals surface area contributed by atoms with Crippen LogP contribution >= 0.6 is 0 Å². The molecule has 6 nitrogen and oxygen atoms in total. The van der Waals surface area contributed by atoms with Gasteiger partial charge in [0.05, 0.1) is 6.42 Å². The van der Waals surface area contributed by atoms with Crippen molar-refractivity contribution in [2.24, 2.45) is 0 Å². The van der Waals surface area contributed by atoms with Crippen LogP contribution in [0.4, 0.5) is 0 Å². The lowest BCUT2D eigenvalue weighted by molar-refractivity contribution is -0.158. The molecule has 0 rings (SSSR count). The molecule has 24 heavy (non-hydrogen) atoms. The largest absolute Gasteiger partial charge is 0.481 e. The molecule has 0 saturated carbocycles. The zero-order chi connectivity index (χ0) is 18.6. The maximum atomic E-state index is 12.2. The fourth-order valence-corrected chi connectivity index (χ4v) is 2.24. The van der Waals surface area contributed by atoms with Crippen molar-refractivity contribution in [3.8, 4) is 0 Å². The molecular weight excluding hydrogens is 310 g/mol. The average Bonchev–Trinajstić information content (AvgIpc) is 2.45. The molecule has 0 fully saturated rings. The fourth-order valence-electron chi connectivity index (χ4n) is 2.24. The molecule has 1 amide bonds. The van der Waals surface area contributed by atoms with Crippen LogP contribution in [-0.4, -0.2) is 34.6 Å². The number of hydrogen-bond acceptors (Lipinski definition) is 4. The number of hydrogen-bond donors (Lipinski definition) is 2. The van der Waals surface area contributed by atoms with E-state index in [2.05, 4.69) is 12.2 Å². The molecule has 140 valence electrons. The van der Waals surface area contributed by atoms with E-state index in [0.717, 1.165) is 19.3 Å². The topological polar surface area (TPSA) is 92.7 Å². The number of carboxylic acid groups (broad SMARTS) is 1. The predicted octanol–water partition coefficient (Wildman–Crippen LogP) is 3.43. The zero-order valence-electron chi connectivity index (χ0n) is 15.5. The quantitative estimate of drug-likeness (QED) is 0.418. The molecule has 0 aromatic carbocycles. The van der Waals surface area contributed by atoms with Crippen molar-refractivity contribution >= 4 is 17.8 Å². The van der Waals surface area contributed by atoms with E-state index in [0.29, 0.717) is 6.42 Å². The van der Waals surface area contributed by atoms with Crippen molar-refractivity contribution in [3.05, 3.63) is 0 Å². The molecule has 0 aromatic rings. The molecule has 0 bridgehead atoms. The van der Waals surface area contributed by atoms with Crippen LogP contribution in [0.2, 0.25) is 0 Å². The van der Waals surface area contributed by atoms with Crippen LogP contribution in [0, 0.1) is 0 Å². The summed E-state index contributed by atoms with van der Waals surface area (Å²) in [6, 6.07) is -0.711. The van der Waals surface area contributed by atoms with Crippen molar-refractivity contribution in [2.75, 3.05) is 0 Å². The molecule has 0 saturated heterocycles. The van der Waals surface area contributed by atoms with E-state index in [9.17, 15) is 14.4 Å². The molecule has 2 N–H and O–H groups in total. The molecular formula is C18H33NO5. The lowest BCUT2D eigenvalue weighted by atomic mass is 10.0. The first-order valence-corrected chi connectivity index (χ1v) is 8.89. The third kappa shape index (κ3) is 12.9. The molecule has 6 heteroatoms. The standard InChI is InChI=1S/C18H33NO5/c1-5-6-7-8-9-10-11-14(17(23)24-18(2,3)4)19-15(20)12-13-16(21)22/h14H,5-13H2,1-4H3,(H,19,20)(H,21,22). The van der Waals surface area contributed by atoms with Gasteiger partial charge in [-0.3, -0.25) is 9.59 Å². The van der Waals surface area contributed by atoms with Crippen molar-refractivity contribution in [1.29, 1.82) is 0 Å². The van der Waals surface area contributed by atoms with Crippen LogP contribution in [0.3, 0.4) is 0 Å². The highest BCUT2D eigenvalue weighted by molar-refractivity contribution is 5.86. The molecule has 1 unspecified atom stereocenters. The summed E-state index contributed by atoms with van der Waals surface area (Å²) in [5.41, 5.74) is -0.623. The van der Waals surface area contributed by atoms with E-state index in [1.807, 2.05) is 0 Å². The summed E-state index contributed by atoms with van der Waals surface area (Å²) in [7, 11) is 0. The van der Waals surface area contributed by atoms with E-state index in [-0.39, 0.29) is 12.8 Å². The van der Waals surface area contributed by atoms with Crippen LogP contribution in [0.25, 0.3) is 0 Å². The van der Waals surface area contributed by atoms with Gasteiger partial charge in [-0.15, -0.1) is 0 Å². The summed E-state index contributed by atoms with van der Waals surface area (Å²) < 4.78 is 5.35. The highest BCUT2D eigenvalue weighted by Crippen LogP contribution is 2.13. The number of nitrogens with one attached hydrogen (secondary N) is 1. The van der Waals surface area contributed by atoms with Crippen LogP contribution in [0.15, 0.2) is 0 Å². The second-order valence-corrected chi connectivity index (χ2v) is 7.10. The minimum absolute atomic E-state index is 0.134. The fraction of sp³-hybridized carbons (Fsp3) is 0.833. The van der Waals surface area contributed by atoms with Crippen LogP contribution in [-0.2, 0) is 19.1 Å². The first-order chi connectivity index (χ1) is 11.2. The normalized spacial score (nSPS) is 12.5. The number of carbonyl (C=O) groups is 3. The molecule has 0 aliphatic heterocycles. The number of ether oxygens (including phenoxy) is 1. The molecule has 0 aromatic heterocycles. The van der Waals surface area contributed by atoms with Crippen LogP contribution in [0.5, 0.6) is 0 Å². The monoisotopic (exact) mass is 343 g/mol. The SMILES string of the molecule is CCCCCCCCC(NC(=O)CCC(=O)O)C(=O)OC(C)(C)C. The zero-order valence-corrected chi connectivity index (χ0v) is 15.5. The minimum Gasteiger partial charge on any atom is -0.481 e. The number of aliphatic carboxylic acids is 1. The predicted molar refractivity (Wildman–Crippen MR) is 92.6 cm³/mol. The minimum atomic E-state index is -1.03. The van der Waals surface area contributed by atoms with Gasteiger partial charge in [0.1, 0.15) is 11.6 Å². The van der Waals surface area contributed by atoms with Crippen molar-refractivity contribution in [1.82, 2.24) is 5.32 Å². The van der Waals surface area contributed by atoms with Gasteiger partial charge in [0.2, 0.25) is 5.91 Å². The maximum absolute atomic E-state index is 12.2. The van der Waals surface area contributed by atoms with Crippen molar-refractivity contribution in [3.63, 3.8) is 0 Å². The number of carbonyl (C=O) groups excluding carboxylic acids is 2. The van der Waals surface area contributed by atoms with Gasteiger partial charge in [-0.1, -0.05) is 45.4 Å². The first-order valence-electron chi connectivity index (χ1n) is 8.89.